The zero-order chi connectivity index (χ0) is 23.0. The number of hydrogen-bond acceptors (Lipinski definition) is 3. The summed E-state index contributed by atoms with van der Waals surface area (Å²) in [6, 6.07) is 11.2. The van der Waals surface area contributed by atoms with Gasteiger partial charge >= 0.3 is 0 Å². The van der Waals surface area contributed by atoms with Crippen LogP contribution in [-0.4, -0.2) is 35.4 Å². The van der Waals surface area contributed by atoms with Gasteiger partial charge in [0.15, 0.2) is 6.61 Å². The highest BCUT2D eigenvalue weighted by atomic mass is 35.5. The molecule has 0 aliphatic rings. The summed E-state index contributed by atoms with van der Waals surface area (Å²) < 4.78 is 5.63. The zero-order valence-corrected chi connectivity index (χ0v) is 20.1. The molecule has 31 heavy (non-hydrogen) atoms. The van der Waals surface area contributed by atoms with E-state index in [0.29, 0.717) is 32.8 Å². The Labute approximate surface area is 198 Å². The van der Waals surface area contributed by atoms with E-state index in [-0.39, 0.29) is 31.0 Å². The smallest absolute Gasteiger partial charge is 0.261 e. The van der Waals surface area contributed by atoms with E-state index in [4.69, 9.17) is 39.5 Å². The van der Waals surface area contributed by atoms with Crippen LogP contribution in [0.4, 0.5) is 0 Å². The number of hydrogen-bond donors (Lipinski definition) is 1. The van der Waals surface area contributed by atoms with Crippen LogP contribution >= 0.6 is 34.8 Å². The summed E-state index contributed by atoms with van der Waals surface area (Å²) in [5.41, 5.74) is 0.580. The standard InChI is InChI=1S/C23H27Cl3N2O3/c1-4-15(3)27-23(30)21(5-2)28(13-18-19(25)10-7-11-20(18)26)22(29)14-31-17-9-6-8-16(24)12-17/h6-12,15,21H,4-5,13-14H2,1-3H3,(H,27,30). The fraction of sp³-hybridized carbons (Fsp3) is 0.391. The van der Waals surface area contributed by atoms with Crippen LogP contribution in [0.15, 0.2) is 42.5 Å². The largest absolute Gasteiger partial charge is 0.484 e. The van der Waals surface area contributed by atoms with Gasteiger partial charge in [-0.3, -0.25) is 9.59 Å². The van der Waals surface area contributed by atoms with E-state index in [9.17, 15) is 9.59 Å². The van der Waals surface area contributed by atoms with Gasteiger partial charge in [0.1, 0.15) is 11.8 Å². The van der Waals surface area contributed by atoms with E-state index in [1.165, 1.54) is 4.90 Å². The molecule has 0 aliphatic heterocycles. The Morgan fingerprint density at radius 1 is 1.03 bits per heavy atom. The maximum absolute atomic E-state index is 13.2. The lowest BCUT2D eigenvalue weighted by atomic mass is 10.1. The van der Waals surface area contributed by atoms with E-state index in [1.54, 1.807) is 42.5 Å². The molecular weight excluding hydrogens is 459 g/mol. The molecule has 0 saturated carbocycles. The molecule has 0 bridgehead atoms. The normalized spacial score (nSPS) is 12.7. The van der Waals surface area contributed by atoms with Gasteiger partial charge in [-0.1, -0.05) is 60.8 Å². The third-order valence-corrected chi connectivity index (χ3v) is 5.88. The van der Waals surface area contributed by atoms with Crippen LogP contribution in [0.5, 0.6) is 5.75 Å². The fourth-order valence-electron chi connectivity index (χ4n) is 3.00. The summed E-state index contributed by atoms with van der Waals surface area (Å²) >= 11 is 18.7. The maximum atomic E-state index is 13.2. The van der Waals surface area contributed by atoms with Gasteiger partial charge in [0.25, 0.3) is 5.91 Å². The predicted octanol–water partition coefficient (Wildman–Crippen LogP) is 5.75. The lowest BCUT2D eigenvalue weighted by Crippen LogP contribution is -2.51. The minimum absolute atomic E-state index is 0.00915. The number of carbonyl (C=O) groups excluding carboxylic acids is 2. The van der Waals surface area contributed by atoms with Gasteiger partial charge in [-0.05, 0) is 50.1 Å². The van der Waals surface area contributed by atoms with Crippen molar-refractivity contribution in [1.29, 1.82) is 0 Å². The highest BCUT2D eigenvalue weighted by Crippen LogP contribution is 2.27. The number of rotatable bonds is 10. The Balaban J connectivity index is 2.28. The molecule has 8 heteroatoms. The molecule has 168 valence electrons. The molecule has 0 aromatic heterocycles. The van der Waals surface area contributed by atoms with Gasteiger partial charge in [-0.15, -0.1) is 0 Å². The Bertz CT molecular complexity index is 887. The molecule has 1 N–H and O–H groups in total. The Hall–Kier alpha value is -1.95. The molecule has 0 fully saturated rings. The summed E-state index contributed by atoms with van der Waals surface area (Å²) in [4.78, 5) is 27.6. The average Bonchev–Trinajstić information content (AvgIpc) is 2.73. The summed E-state index contributed by atoms with van der Waals surface area (Å²) in [5, 5.41) is 4.32. The highest BCUT2D eigenvalue weighted by Gasteiger charge is 2.30. The minimum Gasteiger partial charge on any atom is -0.484 e. The lowest BCUT2D eigenvalue weighted by Gasteiger charge is -2.31. The van der Waals surface area contributed by atoms with Crippen molar-refractivity contribution < 1.29 is 14.3 Å². The van der Waals surface area contributed by atoms with Crippen LogP contribution in [-0.2, 0) is 16.1 Å². The summed E-state index contributed by atoms with van der Waals surface area (Å²) in [7, 11) is 0. The van der Waals surface area contributed by atoms with Gasteiger partial charge in [-0.25, -0.2) is 0 Å². The van der Waals surface area contributed by atoms with Crippen molar-refractivity contribution in [2.75, 3.05) is 6.61 Å². The minimum atomic E-state index is -0.697. The molecule has 0 aliphatic carbocycles. The summed E-state index contributed by atoms with van der Waals surface area (Å²) in [6.45, 7) is 5.59. The van der Waals surface area contributed by atoms with Crippen molar-refractivity contribution in [3.63, 3.8) is 0 Å². The van der Waals surface area contributed by atoms with Crippen LogP contribution < -0.4 is 10.1 Å². The second-order valence-electron chi connectivity index (χ2n) is 7.21. The second-order valence-corrected chi connectivity index (χ2v) is 8.46. The second kappa shape index (κ2) is 12.2. The SMILES string of the molecule is CCC(C)NC(=O)C(CC)N(Cc1c(Cl)cccc1Cl)C(=O)COc1cccc(Cl)c1. The number of nitrogens with zero attached hydrogens (tertiary/aromatic N) is 1. The van der Waals surface area contributed by atoms with E-state index in [0.717, 1.165) is 6.42 Å². The lowest BCUT2D eigenvalue weighted by molar-refractivity contribution is -0.143. The molecule has 0 saturated heterocycles. The molecule has 5 nitrogen and oxygen atoms in total. The van der Waals surface area contributed by atoms with Gasteiger partial charge < -0.3 is 15.0 Å². The van der Waals surface area contributed by atoms with Crippen molar-refractivity contribution in [3.8, 4) is 5.75 Å². The molecule has 2 atom stereocenters. The van der Waals surface area contributed by atoms with Crippen molar-refractivity contribution in [1.82, 2.24) is 10.2 Å². The van der Waals surface area contributed by atoms with Crippen molar-refractivity contribution in [3.05, 3.63) is 63.1 Å². The van der Waals surface area contributed by atoms with Crippen molar-refractivity contribution in [2.24, 2.45) is 0 Å². The van der Waals surface area contributed by atoms with E-state index >= 15 is 0 Å². The zero-order valence-electron chi connectivity index (χ0n) is 17.8. The molecular formula is C23H27Cl3N2O3. The van der Waals surface area contributed by atoms with Gasteiger partial charge in [0.2, 0.25) is 5.91 Å². The first-order valence-electron chi connectivity index (χ1n) is 10.2. The summed E-state index contributed by atoms with van der Waals surface area (Å²) in [5.74, 6) is -0.119. The van der Waals surface area contributed by atoms with Crippen LogP contribution in [0.1, 0.15) is 39.2 Å². The van der Waals surface area contributed by atoms with Gasteiger partial charge in [-0.2, -0.15) is 0 Å². The Kier molecular flexibility index (Phi) is 9.94. The molecule has 0 heterocycles. The Morgan fingerprint density at radius 2 is 1.68 bits per heavy atom. The van der Waals surface area contributed by atoms with Gasteiger partial charge in [0, 0.05) is 33.2 Å². The number of ether oxygens (including phenoxy) is 1. The average molecular weight is 486 g/mol. The quantitative estimate of drug-likeness (QED) is 0.466. The first-order valence-corrected chi connectivity index (χ1v) is 11.3. The van der Waals surface area contributed by atoms with Crippen LogP contribution in [0, 0.1) is 0 Å². The van der Waals surface area contributed by atoms with Crippen molar-refractivity contribution >= 4 is 46.6 Å². The first kappa shape index (κ1) is 25.3. The number of halogens is 3. The number of amides is 2. The van der Waals surface area contributed by atoms with Crippen LogP contribution in [0.25, 0.3) is 0 Å². The maximum Gasteiger partial charge on any atom is 0.261 e. The summed E-state index contributed by atoms with van der Waals surface area (Å²) in [6.07, 6.45) is 1.21. The van der Waals surface area contributed by atoms with Gasteiger partial charge in [0.05, 0.1) is 0 Å². The van der Waals surface area contributed by atoms with E-state index < -0.39 is 6.04 Å². The van der Waals surface area contributed by atoms with Crippen LogP contribution in [0.3, 0.4) is 0 Å². The molecule has 2 aromatic carbocycles. The molecule has 2 rings (SSSR count). The van der Waals surface area contributed by atoms with Crippen LogP contribution in [0.2, 0.25) is 15.1 Å². The monoisotopic (exact) mass is 484 g/mol. The van der Waals surface area contributed by atoms with Crippen molar-refractivity contribution in [2.45, 2.75) is 52.2 Å². The van der Waals surface area contributed by atoms with E-state index in [2.05, 4.69) is 5.32 Å². The third-order valence-electron chi connectivity index (χ3n) is 4.94. The first-order chi connectivity index (χ1) is 14.8. The molecule has 0 spiro atoms. The topological polar surface area (TPSA) is 58.6 Å². The predicted molar refractivity (Wildman–Crippen MR) is 126 cm³/mol. The highest BCUT2D eigenvalue weighted by molar-refractivity contribution is 6.36. The third kappa shape index (κ3) is 7.30. The number of benzene rings is 2. The fourth-order valence-corrected chi connectivity index (χ4v) is 3.70. The molecule has 2 aromatic rings. The number of nitrogens with one attached hydrogen (secondary N) is 1. The number of carbonyl (C=O) groups is 2. The van der Waals surface area contributed by atoms with E-state index in [1.807, 2.05) is 20.8 Å². The Morgan fingerprint density at radius 3 is 2.26 bits per heavy atom. The molecule has 0 radical (unpaired) electrons. The molecule has 2 amide bonds. The molecule has 2 unspecified atom stereocenters.